The van der Waals surface area contributed by atoms with E-state index in [0.717, 1.165) is 30.5 Å². The molecule has 0 aliphatic carbocycles. The van der Waals surface area contributed by atoms with Gasteiger partial charge in [-0.3, -0.25) is 4.79 Å². The van der Waals surface area contributed by atoms with Crippen LogP contribution in [-0.4, -0.2) is 34.1 Å². The molecule has 1 unspecified atom stereocenters. The zero-order chi connectivity index (χ0) is 13.7. The maximum absolute atomic E-state index is 10.6. The number of hydrogen-bond acceptors (Lipinski definition) is 3. The van der Waals surface area contributed by atoms with Crippen LogP contribution in [0, 0.1) is 5.92 Å². The van der Waals surface area contributed by atoms with Gasteiger partial charge in [0.15, 0.2) is 0 Å². The van der Waals surface area contributed by atoms with Gasteiger partial charge in [0.25, 0.3) is 0 Å². The molecule has 0 bridgehead atoms. The van der Waals surface area contributed by atoms with Crippen LogP contribution in [0.4, 0.5) is 0 Å². The van der Waals surface area contributed by atoms with Crippen LogP contribution in [0.2, 0.25) is 0 Å². The number of carbonyl (C=O) groups is 1. The first-order valence-electron chi connectivity index (χ1n) is 6.52. The van der Waals surface area contributed by atoms with Crippen LogP contribution in [0.3, 0.4) is 0 Å². The third kappa shape index (κ3) is 3.79. The van der Waals surface area contributed by atoms with Gasteiger partial charge in [-0.2, -0.15) is 0 Å². The van der Waals surface area contributed by atoms with Crippen molar-refractivity contribution in [3.05, 3.63) is 30.1 Å². The lowest BCUT2D eigenvalue weighted by molar-refractivity contribution is -0.141. The Labute approximate surface area is 112 Å². The van der Waals surface area contributed by atoms with Gasteiger partial charge in [0, 0.05) is 0 Å². The summed E-state index contributed by atoms with van der Waals surface area (Å²) < 4.78 is 0. The lowest BCUT2D eigenvalue weighted by atomic mass is 10.1. The third-order valence-corrected chi connectivity index (χ3v) is 3.25. The molecule has 0 saturated heterocycles. The van der Waals surface area contributed by atoms with Crippen molar-refractivity contribution in [3.63, 3.8) is 0 Å². The zero-order valence-corrected chi connectivity index (χ0v) is 11.0. The van der Waals surface area contributed by atoms with Crippen LogP contribution < -0.4 is 5.32 Å². The molecule has 3 N–H and O–H groups in total. The molecule has 102 valence electrons. The first-order valence-corrected chi connectivity index (χ1v) is 6.52. The van der Waals surface area contributed by atoms with Gasteiger partial charge >= 0.3 is 5.97 Å². The molecule has 5 nitrogen and oxygen atoms in total. The Balaban J connectivity index is 1.72. The minimum atomic E-state index is -0.730. The first kappa shape index (κ1) is 13.5. The van der Waals surface area contributed by atoms with Crippen molar-refractivity contribution in [1.82, 2.24) is 15.3 Å². The van der Waals surface area contributed by atoms with E-state index in [1.807, 2.05) is 6.07 Å². The van der Waals surface area contributed by atoms with E-state index in [1.165, 1.54) is 5.56 Å². The molecule has 1 aromatic carbocycles. The zero-order valence-electron chi connectivity index (χ0n) is 11.0. The summed E-state index contributed by atoms with van der Waals surface area (Å²) in [5.74, 6) is -1.01. The van der Waals surface area contributed by atoms with Crippen LogP contribution in [0.1, 0.15) is 18.9 Å². The number of nitrogens with one attached hydrogen (secondary N) is 2. The van der Waals surface area contributed by atoms with Crippen molar-refractivity contribution in [2.24, 2.45) is 5.92 Å². The van der Waals surface area contributed by atoms with E-state index in [-0.39, 0.29) is 5.92 Å². The van der Waals surface area contributed by atoms with Crippen molar-refractivity contribution < 1.29 is 9.90 Å². The highest BCUT2D eigenvalue weighted by Crippen LogP contribution is 2.11. The molecule has 0 amide bonds. The molecule has 0 aliphatic heterocycles. The van der Waals surface area contributed by atoms with Gasteiger partial charge < -0.3 is 15.4 Å². The normalized spacial score (nSPS) is 12.7. The first-order chi connectivity index (χ1) is 9.16. The predicted octanol–water partition coefficient (Wildman–Crippen LogP) is 1.81. The summed E-state index contributed by atoms with van der Waals surface area (Å²) in [7, 11) is 0. The van der Waals surface area contributed by atoms with E-state index in [4.69, 9.17) is 5.11 Å². The second-order valence-corrected chi connectivity index (χ2v) is 4.78. The summed E-state index contributed by atoms with van der Waals surface area (Å²) in [5.41, 5.74) is 3.28. The highest BCUT2D eigenvalue weighted by molar-refractivity contribution is 5.75. The Morgan fingerprint density at radius 2 is 2.32 bits per heavy atom. The molecule has 1 aromatic heterocycles. The molecule has 0 fully saturated rings. The monoisotopic (exact) mass is 261 g/mol. The molecule has 1 heterocycles. The van der Waals surface area contributed by atoms with Crippen LogP contribution in [0.15, 0.2) is 24.5 Å². The number of rotatable bonds is 7. The Kier molecular flexibility index (Phi) is 4.52. The number of carboxylic acids is 1. The second kappa shape index (κ2) is 6.33. The van der Waals surface area contributed by atoms with Crippen molar-refractivity contribution >= 4 is 17.0 Å². The Morgan fingerprint density at radius 1 is 1.47 bits per heavy atom. The number of imidazole rings is 1. The second-order valence-electron chi connectivity index (χ2n) is 4.78. The number of aromatic amines is 1. The van der Waals surface area contributed by atoms with Gasteiger partial charge in [0.1, 0.15) is 0 Å². The fourth-order valence-electron chi connectivity index (χ4n) is 1.94. The van der Waals surface area contributed by atoms with Crippen molar-refractivity contribution in [2.75, 3.05) is 13.1 Å². The topological polar surface area (TPSA) is 78.0 Å². The van der Waals surface area contributed by atoms with Crippen LogP contribution >= 0.6 is 0 Å². The quantitative estimate of drug-likeness (QED) is 0.664. The molecule has 2 aromatic rings. The van der Waals surface area contributed by atoms with E-state index in [0.29, 0.717) is 6.42 Å². The van der Waals surface area contributed by atoms with E-state index < -0.39 is 5.97 Å². The fraction of sp³-hybridized carbons (Fsp3) is 0.429. The van der Waals surface area contributed by atoms with Gasteiger partial charge in [0.05, 0.1) is 23.3 Å². The van der Waals surface area contributed by atoms with Gasteiger partial charge in [-0.15, -0.1) is 0 Å². The summed E-state index contributed by atoms with van der Waals surface area (Å²) >= 11 is 0. The average molecular weight is 261 g/mol. The summed E-state index contributed by atoms with van der Waals surface area (Å²) in [6.07, 6.45) is 3.28. The highest BCUT2D eigenvalue weighted by Gasteiger charge is 2.09. The van der Waals surface area contributed by atoms with E-state index >= 15 is 0 Å². The summed E-state index contributed by atoms with van der Waals surface area (Å²) in [5, 5.41) is 12.0. The predicted molar refractivity (Wildman–Crippen MR) is 74.1 cm³/mol. The highest BCUT2D eigenvalue weighted by atomic mass is 16.4. The number of fused-ring (bicyclic) bond motifs is 1. The molecule has 2 rings (SSSR count). The number of nitrogens with zero attached hydrogens (tertiary/aromatic N) is 1. The maximum atomic E-state index is 10.6. The summed E-state index contributed by atoms with van der Waals surface area (Å²) in [4.78, 5) is 17.9. The van der Waals surface area contributed by atoms with E-state index in [1.54, 1.807) is 13.3 Å². The van der Waals surface area contributed by atoms with E-state index in [2.05, 4.69) is 27.4 Å². The number of aromatic nitrogens is 2. The lowest BCUT2D eigenvalue weighted by Gasteiger charge is -2.07. The van der Waals surface area contributed by atoms with Crippen LogP contribution in [0.5, 0.6) is 0 Å². The van der Waals surface area contributed by atoms with Crippen molar-refractivity contribution in [1.29, 1.82) is 0 Å². The minimum absolute atomic E-state index is 0.283. The molecule has 1 atom stereocenters. The standard InChI is InChI=1S/C14H19N3O2/c1-10(14(18)19)4-6-15-7-5-11-2-3-12-13(8-11)17-9-16-12/h2-3,8-10,15H,4-7H2,1H3,(H,16,17)(H,18,19). The third-order valence-electron chi connectivity index (χ3n) is 3.25. The SMILES string of the molecule is CC(CCNCCc1ccc2nc[nH]c2c1)C(=O)O. The van der Waals surface area contributed by atoms with Gasteiger partial charge in [-0.05, 0) is 43.6 Å². The molecule has 19 heavy (non-hydrogen) atoms. The number of hydrogen-bond donors (Lipinski definition) is 3. The van der Waals surface area contributed by atoms with Crippen LogP contribution in [-0.2, 0) is 11.2 Å². The number of aliphatic carboxylic acids is 1. The van der Waals surface area contributed by atoms with Gasteiger partial charge in [0.2, 0.25) is 0 Å². The Hall–Kier alpha value is -1.88. The molecular formula is C14H19N3O2. The Morgan fingerprint density at radius 3 is 3.11 bits per heavy atom. The number of H-pyrrole nitrogens is 1. The largest absolute Gasteiger partial charge is 0.481 e. The van der Waals surface area contributed by atoms with Gasteiger partial charge in [-0.25, -0.2) is 4.98 Å². The van der Waals surface area contributed by atoms with Crippen LogP contribution in [0.25, 0.3) is 11.0 Å². The van der Waals surface area contributed by atoms with Gasteiger partial charge in [-0.1, -0.05) is 13.0 Å². The van der Waals surface area contributed by atoms with E-state index in [9.17, 15) is 4.79 Å². The maximum Gasteiger partial charge on any atom is 0.306 e. The molecular weight excluding hydrogens is 242 g/mol. The average Bonchev–Trinajstić information content (AvgIpc) is 2.85. The summed E-state index contributed by atoms with van der Waals surface area (Å²) in [6.45, 7) is 3.32. The number of carboxylic acid groups (broad SMARTS) is 1. The smallest absolute Gasteiger partial charge is 0.306 e. The number of benzene rings is 1. The molecule has 5 heteroatoms. The molecule has 0 radical (unpaired) electrons. The lowest BCUT2D eigenvalue weighted by Crippen LogP contribution is -2.22. The molecule has 0 aliphatic rings. The molecule has 0 saturated carbocycles. The Bertz CT molecular complexity index is 550. The minimum Gasteiger partial charge on any atom is -0.481 e. The summed E-state index contributed by atoms with van der Waals surface area (Å²) in [6, 6.07) is 6.18. The fourth-order valence-corrected chi connectivity index (χ4v) is 1.94. The van der Waals surface area contributed by atoms with Crippen molar-refractivity contribution in [2.45, 2.75) is 19.8 Å². The van der Waals surface area contributed by atoms with Crippen molar-refractivity contribution in [3.8, 4) is 0 Å². The molecule has 0 spiro atoms.